The Labute approximate surface area is 166 Å². The van der Waals surface area contributed by atoms with Crippen molar-refractivity contribution >= 4 is 21.6 Å². The third kappa shape index (κ3) is 5.71. The minimum atomic E-state index is -3.96. The molecule has 2 aromatic rings. The molecule has 0 saturated heterocycles. The van der Waals surface area contributed by atoms with Gasteiger partial charge in [0.05, 0.1) is 17.2 Å². The van der Waals surface area contributed by atoms with Crippen LogP contribution in [0.2, 0.25) is 0 Å². The van der Waals surface area contributed by atoms with E-state index in [0.29, 0.717) is 37.6 Å². The number of benzene rings is 2. The molecule has 0 unspecified atom stereocenters. The van der Waals surface area contributed by atoms with Gasteiger partial charge in [0.2, 0.25) is 5.91 Å². The summed E-state index contributed by atoms with van der Waals surface area (Å²) >= 11 is 0. The second-order valence-corrected chi connectivity index (χ2v) is 7.78. The molecule has 0 saturated carbocycles. The van der Waals surface area contributed by atoms with Crippen LogP contribution in [0, 0.1) is 0 Å². The van der Waals surface area contributed by atoms with E-state index in [-0.39, 0.29) is 11.4 Å². The Morgan fingerprint density at radius 3 is 2.43 bits per heavy atom. The molecule has 0 spiro atoms. The van der Waals surface area contributed by atoms with E-state index in [1.165, 1.54) is 12.1 Å². The maximum Gasteiger partial charge on any atom is 0.264 e. The van der Waals surface area contributed by atoms with Gasteiger partial charge in [-0.2, -0.15) is 0 Å². The maximum atomic E-state index is 13.3. The summed E-state index contributed by atoms with van der Waals surface area (Å²) in [7, 11) is -2.37. The lowest BCUT2D eigenvalue weighted by atomic mass is 10.3. The van der Waals surface area contributed by atoms with Gasteiger partial charge in [-0.15, -0.1) is 0 Å². The molecule has 0 aliphatic carbocycles. The van der Waals surface area contributed by atoms with Crippen molar-refractivity contribution in [3.05, 3.63) is 54.6 Å². The molecule has 0 heterocycles. The van der Waals surface area contributed by atoms with Gasteiger partial charge in [0.1, 0.15) is 12.3 Å². The van der Waals surface area contributed by atoms with Crippen molar-refractivity contribution in [2.75, 3.05) is 37.7 Å². The van der Waals surface area contributed by atoms with Gasteiger partial charge in [-0.05, 0) is 37.6 Å². The van der Waals surface area contributed by atoms with Crippen molar-refractivity contribution in [3.8, 4) is 5.75 Å². The van der Waals surface area contributed by atoms with Crippen LogP contribution in [0.1, 0.15) is 13.3 Å². The van der Waals surface area contributed by atoms with Gasteiger partial charge in [-0.25, -0.2) is 8.42 Å². The van der Waals surface area contributed by atoms with Crippen LogP contribution in [0.25, 0.3) is 0 Å². The highest BCUT2D eigenvalue weighted by molar-refractivity contribution is 7.92. The Hall–Kier alpha value is -2.58. The molecule has 0 radical (unpaired) electrons. The molecule has 28 heavy (non-hydrogen) atoms. The molecule has 0 bridgehead atoms. The molecule has 152 valence electrons. The number of hydrogen-bond donors (Lipinski definition) is 1. The number of para-hydroxylation sites is 2. The summed E-state index contributed by atoms with van der Waals surface area (Å²) < 4.78 is 38.2. The van der Waals surface area contributed by atoms with Crippen LogP contribution in [0.4, 0.5) is 5.69 Å². The van der Waals surface area contributed by atoms with E-state index >= 15 is 0 Å². The van der Waals surface area contributed by atoms with Crippen LogP contribution in [0.3, 0.4) is 0 Å². The molecule has 8 heteroatoms. The van der Waals surface area contributed by atoms with Gasteiger partial charge < -0.3 is 14.8 Å². The third-order valence-electron chi connectivity index (χ3n) is 3.90. The van der Waals surface area contributed by atoms with Crippen molar-refractivity contribution in [1.82, 2.24) is 5.32 Å². The summed E-state index contributed by atoms with van der Waals surface area (Å²) in [4.78, 5) is 12.5. The number of ether oxygens (including phenoxy) is 2. The van der Waals surface area contributed by atoms with E-state index in [1.807, 2.05) is 6.92 Å². The predicted molar refractivity (Wildman–Crippen MR) is 108 cm³/mol. The smallest absolute Gasteiger partial charge is 0.264 e. The van der Waals surface area contributed by atoms with Gasteiger partial charge in [0.15, 0.2) is 0 Å². The molecule has 0 atom stereocenters. The zero-order chi connectivity index (χ0) is 20.4. The van der Waals surface area contributed by atoms with Crippen molar-refractivity contribution < 1.29 is 22.7 Å². The zero-order valence-corrected chi connectivity index (χ0v) is 16.9. The Morgan fingerprint density at radius 2 is 1.75 bits per heavy atom. The normalized spacial score (nSPS) is 11.1. The van der Waals surface area contributed by atoms with Gasteiger partial charge in [-0.3, -0.25) is 9.10 Å². The number of nitrogens with zero attached hydrogens (tertiary/aromatic N) is 1. The number of sulfonamides is 1. The molecule has 0 aromatic heterocycles. The van der Waals surface area contributed by atoms with Crippen LogP contribution >= 0.6 is 0 Å². The second-order valence-electron chi connectivity index (χ2n) is 5.92. The Bertz CT molecular complexity index is 856. The minimum Gasteiger partial charge on any atom is -0.492 e. The lowest BCUT2D eigenvalue weighted by Gasteiger charge is -2.26. The highest BCUT2D eigenvalue weighted by Gasteiger charge is 2.29. The number of nitrogens with one attached hydrogen (secondary N) is 1. The number of hydrogen-bond acceptors (Lipinski definition) is 5. The summed E-state index contributed by atoms with van der Waals surface area (Å²) in [5, 5.41) is 2.73. The summed E-state index contributed by atoms with van der Waals surface area (Å²) in [5.74, 6) is -0.00130. The topological polar surface area (TPSA) is 84.9 Å². The lowest BCUT2D eigenvalue weighted by Crippen LogP contribution is -2.41. The number of carbonyl (C=O) groups excluding carboxylic acids is 1. The van der Waals surface area contributed by atoms with E-state index in [9.17, 15) is 13.2 Å². The minimum absolute atomic E-state index is 0.105. The average Bonchev–Trinajstić information content (AvgIpc) is 2.71. The van der Waals surface area contributed by atoms with E-state index in [0.717, 1.165) is 4.31 Å². The van der Waals surface area contributed by atoms with Crippen molar-refractivity contribution in [2.24, 2.45) is 0 Å². The van der Waals surface area contributed by atoms with E-state index < -0.39 is 15.9 Å². The first-order valence-electron chi connectivity index (χ1n) is 9.06. The van der Waals surface area contributed by atoms with E-state index in [4.69, 9.17) is 9.47 Å². The fraction of sp³-hybridized carbons (Fsp3) is 0.350. The highest BCUT2D eigenvalue weighted by atomic mass is 32.2. The molecule has 7 nitrogen and oxygen atoms in total. The summed E-state index contributed by atoms with van der Waals surface area (Å²) in [6.07, 6.45) is 0.642. The fourth-order valence-electron chi connectivity index (χ4n) is 2.59. The zero-order valence-electron chi connectivity index (χ0n) is 16.1. The van der Waals surface area contributed by atoms with Crippen LogP contribution in [-0.2, 0) is 19.6 Å². The summed E-state index contributed by atoms with van der Waals surface area (Å²) in [6, 6.07) is 14.8. The molecule has 0 aliphatic rings. The largest absolute Gasteiger partial charge is 0.492 e. The van der Waals surface area contributed by atoms with Crippen molar-refractivity contribution in [2.45, 2.75) is 18.2 Å². The fourth-order valence-corrected chi connectivity index (χ4v) is 4.04. The van der Waals surface area contributed by atoms with Crippen LogP contribution in [-0.4, -0.2) is 47.7 Å². The molecule has 0 aliphatic heterocycles. The Morgan fingerprint density at radius 1 is 1.07 bits per heavy atom. The van der Waals surface area contributed by atoms with Crippen LogP contribution in [0.5, 0.6) is 5.75 Å². The van der Waals surface area contributed by atoms with E-state index in [2.05, 4.69) is 5.32 Å². The third-order valence-corrected chi connectivity index (χ3v) is 5.67. The predicted octanol–water partition coefficient (Wildman–Crippen LogP) is 2.43. The van der Waals surface area contributed by atoms with Crippen LogP contribution < -0.4 is 14.4 Å². The number of amides is 1. The monoisotopic (exact) mass is 406 g/mol. The Balaban J connectivity index is 2.35. The quantitative estimate of drug-likeness (QED) is 0.580. The molecule has 1 amide bonds. The molecule has 2 aromatic carbocycles. The molecular weight excluding hydrogens is 380 g/mol. The van der Waals surface area contributed by atoms with Crippen LogP contribution in [0.15, 0.2) is 59.5 Å². The SMILES string of the molecule is CCOc1ccccc1N(CC(=O)NCCCOC)S(=O)(=O)c1ccccc1. The van der Waals surface area contributed by atoms with Gasteiger partial charge in [-0.1, -0.05) is 30.3 Å². The Kier molecular flexibility index (Phi) is 8.28. The molecule has 0 fully saturated rings. The number of anilines is 1. The first kappa shape index (κ1) is 21.7. The first-order chi connectivity index (χ1) is 13.5. The number of methoxy groups -OCH3 is 1. The van der Waals surface area contributed by atoms with Crippen molar-refractivity contribution in [3.63, 3.8) is 0 Å². The second kappa shape index (κ2) is 10.7. The van der Waals surface area contributed by atoms with Crippen molar-refractivity contribution in [1.29, 1.82) is 0 Å². The summed E-state index contributed by atoms with van der Waals surface area (Å²) in [5.41, 5.74) is 0.320. The van der Waals surface area contributed by atoms with Gasteiger partial charge >= 0.3 is 0 Å². The number of carbonyl (C=O) groups is 1. The number of rotatable bonds is 11. The molecular formula is C20H26N2O5S. The standard InChI is InChI=1S/C20H26N2O5S/c1-3-27-19-13-8-7-12-18(19)22(16-20(23)21-14-9-15-26-2)28(24,25)17-10-5-4-6-11-17/h4-8,10-13H,3,9,14-16H2,1-2H3,(H,21,23). The summed E-state index contributed by atoms with van der Waals surface area (Å²) in [6.45, 7) is 2.75. The highest BCUT2D eigenvalue weighted by Crippen LogP contribution is 2.32. The van der Waals surface area contributed by atoms with Gasteiger partial charge in [0.25, 0.3) is 10.0 Å². The van der Waals surface area contributed by atoms with Gasteiger partial charge in [0, 0.05) is 20.3 Å². The molecule has 2 rings (SSSR count). The lowest BCUT2D eigenvalue weighted by molar-refractivity contribution is -0.119. The first-order valence-corrected chi connectivity index (χ1v) is 10.5. The average molecular weight is 407 g/mol. The van der Waals surface area contributed by atoms with E-state index in [1.54, 1.807) is 49.6 Å². The molecule has 1 N–H and O–H groups in total. The maximum absolute atomic E-state index is 13.3.